The van der Waals surface area contributed by atoms with E-state index < -0.39 is 18.8 Å². The Morgan fingerprint density at radius 2 is 2.14 bits per heavy atom. The number of oxime groups is 1. The van der Waals surface area contributed by atoms with Crippen LogP contribution in [0.25, 0.3) is 0 Å². The maximum Gasteiger partial charge on any atom is 0.451 e. The highest BCUT2D eigenvalue weighted by atomic mass is 16.5. The quantitative estimate of drug-likeness (QED) is 0.122. The number of phenols is 1. The number of ether oxygens (including phenoxy) is 1. The van der Waals surface area contributed by atoms with E-state index in [2.05, 4.69) is 15.1 Å². The Morgan fingerprint density at radius 3 is 2.71 bits per heavy atom. The van der Waals surface area contributed by atoms with Crippen molar-refractivity contribution >= 4 is 18.9 Å². The van der Waals surface area contributed by atoms with Crippen LogP contribution in [0.1, 0.15) is 21.7 Å². The molecule has 1 saturated heterocycles. The number of carboxylic acids is 1. The number of nitrogens with one attached hydrogen (secondary N) is 1. The average molecular weight is 390 g/mol. The Bertz CT molecular complexity index is 866. The third-order valence-electron chi connectivity index (χ3n) is 4.35. The van der Waals surface area contributed by atoms with E-state index in [1.807, 2.05) is 0 Å². The van der Waals surface area contributed by atoms with Crippen molar-refractivity contribution < 1.29 is 35.0 Å². The second-order valence-corrected chi connectivity index (χ2v) is 6.28. The molecule has 0 unspecified atom stereocenters. The van der Waals surface area contributed by atoms with Gasteiger partial charge in [0.2, 0.25) is 5.84 Å². The van der Waals surface area contributed by atoms with Crippen molar-refractivity contribution in [2.75, 3.05) is 13.1 Å². The number of carbonyl (C=O) groups is 1. The number of aromatic carboxylic acids is 1. The molecule has 12 heteroatoms. The topological polar surface area (TPSA) is 172 Å². The van der Waals surface area contributed by atoms with E-state index in [1.54, 1.807) is 11.1 Å². The fourth-order valence-electron chi connectivity index (χ4n) is 2.92. The molecule has 6 N–H and O–H groups in total. The van der Waals surface area contributed by atoms with E-state index in [-0.39, 0.29) is 41.6 Å². The molecular formula is C16H19BN4O7. The molecule has 28 heavy (non-hydrogen) atoms. The van der Waals surface area contributed by atoms with Crippen LogP contribution in [-0.4, -0.2) is 78.5 Å². The van der Waals surface area contributed by atoms with E-state index in [0.29, 0.717) is 18.9 Å². The van der Waals surface area contributed by atoms with Gasteiger partial charge in [-0.15, -0.1) is 0 Å². The lowest BCUT2D eigenvalue weighted by Gasteiger charge is -2.40. The summed E-state index contributed by atoms with van der Waals surface area (Å²) in [5.74, 6) is -1.19. The van der Waals surface area contributed by atoms with Crippen molar-refractivity contribution in [2.45, 2.75) is 18.8 Å². The van der Waals surface area contributed by atoms with E-state index in [9.17, 15) is 20.2 Å². The molecule has 1 aromatic carbocycles. The van der Waals surface area contributed by atoms with Gasteiger partial charge in [-0.25, -0.2) is 9.78 Å². The van der Waals surface area contributed by atoms with Crippen molar-refractivity contribution in [3.63, 3.8) is 0 Å². The minimum absolute atomic E-state index is 0.00318. The van der Waals surface area contributed by atoms with E-state index >= 15 is 0 Å². The van der Waals surface area contributed by atoms with E-state index in [1.165, 1.54) is 18.3 Å². The summed E-state index contributed by atoms with van der Waals surface area (Å²) in [5.41, 5.74) is -0.105. The lowest BCUT2D eigenvalue weighted by Crippen LogP contribution is -2.56. The predicted octanol–water partition coefficient (Wildman–Crippen LogP) is -0.272. The molecule has 3 rings (SSSR count). The lowest BCUT2D eigenvalue weighted by molar-refractivity contribution is 0.0585. The first-order valence-electron chi connectivity index (χ1n) is 8.48. The number of aromatic nitrogens is 2. The summed E-state index contributed by atoms with van der Waals surface area (Å²) in [5, 5.41) is 50.0. The highest BCUT2D eigenvalue weighted by Gasteiger charge is 2.34. The van der Waals surface area contributed by atoms with Gasteiger partial charge in [0.25, 0.3) is 0 Å². The molecule has 0 aliphatic carbocycles. The molecule has 0 bridgehead atoms. The number of carboxylic acid groups (broad SMARTS) is 1. The Kier molecular flexibility index (Phi) is 5.71. The van der Waals surface area contributed by atoms with Crippen LogP contribution in [0.15, 0.2) is 29.7 Å². The van der Waals surface area contributed by atoms with E-state index in [0.717, 1.165) is 0 Å². The number of nitrogens with zero attached hydrogens (tertiary/aromatic N) is 3. The van der Waals surface area contributed by atoms with Gasteiger partial charge in [-0.2, -0.15) is 0 Å². The van der Waals surface area contributed by atoms with Gasteiger partial charge in [-0.05, 0) is 24.4 Å². The molecule has 0 spiro atoms. The van der Waals surface area contributed by atoms with Crippen LogP contribution in [0.2, 0.25) is 6.32 Å². The molecule has 1 fully saturated rings. The average Bonchev–Trinajstić information content (AvgIpc) is 3.13. The van der Waals surface area contributed by atoms with Gasteiger partial charge in [-0.1, -0.05) is 11.2 Å². The molecule has 2 heterocycles. The Hall–Kier alpha value is -3.25. The zero-order valence-corrected chi connectivity index (χ0v) is 14.7. The second kappa shape index (κ2) is 8.19. The highest BCUT2D eigenvalue weighted by Crippen LogP contribution is 2.34. The molecule has 1 aromatic heterocycles. The van der Waals surface area contributed by atoms with Crippen molar-refractivity contribution in [3.8, 4) is 11.5 Å². The van der Waals surface area contributed by atoms with Crippen LogP contribution < -0.4 is 4.74 Å². The summed E-state index contributed by atoms with van der Waals surface area (Å²) in [6.45, 7) is 0.663. The Labute approximate surface area is 159 Å². The van der Waals surface area contributed by atoms with Crippen LogP contribution in [0.5, 0.6) is 11.5 Å². The fourth-order valence-corrected chi connectivity index (χ4v) is 2.92. The first kappa shape index (κ1) is 19.5. The molecule has 0 amide bonds. The fraction of sp³-hybridized carbons (Fsp3) is 0.312. The Balaban J connectivity index is 1.70. The lowest BCUT2D eigenvalue weighted by atomic mass is 9.82. The number of rotatable bonds is 7. The monoisotopic (exact) mass is 390 g/mol. The van der Waals surface area contributed by atoms with Crippen LogP contribution >= 0.6 is 0 Å². The number of imidazole rings is 1. The normalized spacial score (nSPS) is 14.6. The number of amidine groups is 1. The summed E-state index contributed by atoms with van der Waals surface area (Å²) < 4.78 is 5.70. The number of benzene rings is 1. The van der Waals surface area contributed by atoms with Crippen molar-refractivity contribution in [3.05, 3.63) is 41.5 Å². The van der Waals surface area contributed by atoms with Gasteiger partial charge in [0.15, 0.2) is 5.82 Å². The van der Waals surface area contributed by atoms with Gasteiger partial charge in [-0.3, -0.25) is 0 Å². The zero-order valence-electron chi connectivity index (χ0n) is 14.7. The smallest absolute Gasteiger partial charge is 0.451 e. The standard InChI is InChI=1S/C16H19BN4O7/c22-13-9(3-4-17(25)26)1-2-11(12(13)16(23)24)28-10-7-21(8-10)15(20-27)14-18-5-6-19-14/h1-2,5-6,10,22,25-27H,3-4,7-8H2,(H,18,19)(H,23,24). The van der Waals surface area contributed by atoms with Crippen LogP contribution in [0.3, 0.4) is 0 Å². The highest BCUT2D eigenvalue weighted by molar-refractivity contribution is 6.41. The number of likely N-dealkylation sites (tertiary alicyclic amines) is 1. The number of aryl methyl sites for hydroxylation is 1. The van der Waals surface area contributed by atoms with Gasteiger partial charge in [0, 0.05) is 12.4 Å². The zero-order chi connectivity index (χ0) is 20.3. The third-order valence-corrected chi connectivity index (χ3v) is 4.35. The first-order chi connectivity index (χ1) is 13.4. The largest absolute Gasteiger partial charge is 0.507 e. The SMILES string of the molecule is O=C(O)c1c(OC2CN(C(=NO)c3ncc[nH]3)C2)ccc(CCB(O)O)c1O. The summed E-state index contributed by atoms with van der Waals surface area (Å²) in [4.78, 5) is 20.1. The molecular weight excluding hydrogens is 371 g/mol. The number of aromatic hydroxyl groups is 1. The van der Waals surface area contributed by atoms with Gasteiger partial charge >= 0.3 is 13.1 Å². The maximum atomic E-state index is 11.6. The summed E-state index contributed by atoms with van der Waals surface area (Å²) in [7, 11) is -1.55. The van der Waals surface area contributed by atoms with Gasteiger partial charge in [0.1, 0.15) is 23.2 Å². The molecule has 0 saturated carbocycles. The summed E-state index contributed by atoms with van der Waals surface area (Å²) >= 11 is 0. The molecule has 148 valence electrons. The third kappa shape index (κ3) is 4.02. The number of hydrogen-bond acceptors (Lipinski definition) is 8. The van der Waals surface area contributed by atoms with Gasteiger partial charge in [0.05, 0.1) is 13.1 Å². The molecule has 1 aliphatic rings. The molecule has 2 aromatic rings. The molecule has 1 aliphatic heterocycles. The molecule has 11 nitrogen and oxygen atoms in total. The molecule has 0 atom stereocenters. The number of H-pyrrole nitrogens is 1. The summed E-state index contributed by atoms with van der Waals surface area (Å²) in [6.07, 6.45) is 2.79. The van der Waals surface area contributed by atoms with Crippen LogP contribution in [-0.2, 0) is 6.42 Å². The maximum absolute atomic E-state index is 11.6. The van der Waals surface area contributed by atoms with Crippen molar-refractivity contribution in [1.82, 2.24) is 14.9 Å². The minimum atomic E-state index is -1.55. The summed E-state index contributed by atoms with van der Waals surface area (Å²) in [6, 6.07) is 2.91. The number of hydrogen-bond donors (Lipinski definition) is 6. The Morgan fingerprint density at radius 1 is 1.39 bits per heavy atom. The van der Waals surface area contributed by atoms with E-state index in [4.69, 9.17) is 14.8 Å². The van der Waals surface area contributed by atoms with Crippen molar-refractivity contribution in [1.29, 1.82) is 0 Å². The molecule has 0 radical (unpaired) electrons. The second-order valence-electron chi connectivity index (χ2n) is 6.28. The predicted molar refractivity (Wildman–Crippen MR) is 96.7 cm³/mol. The number of aromatic amines is 1. The first-order valence-corrected chi connectivity index (χ1v) is 8.48. The minimum Gasteiger partial charge on any atom is -0.507 e. The van der Waals surface area contributed by atoms with Crippen LogP contribution in [0.4, 0.5) is 0 Å². The van der Waals surface area contributed by atoms with Gasteiger partial charge < -0.3 is 40.1 Å². The van der Waals surface area contributed by atoms with Crippen molar-refractivity contribution in [2.24, 2.45) is 5.16 Å². The van der Waals surface area contributed by atoms with Crippen LogP contribution in [0, 0.1) is 0 Å².